The van der Waals surface area contributed by atoms with Crippen molar-refractivity contribution in [1.29, 1.82) is 0 Å². The highest BCUT2D eigenvalue weighted by molar-refractivity contribution is 5.93. The number of aliphatic hydroxyl groups excluding tert-OH is 1. The second-order valence-electron chi connectivity index (χ2n) is 9.28. The van der Waals surface area contributed by atoms with Gasteiger partial charge in [0.05, 0.1) is 12.7 Å². The normalized spacial score (nSPS) is 32.3. The van der Waals surface area contributed by atoms with E-state index in [4.69, 9.17) is 9.47 Å². The fraction of sp³-hybridized carbons (Fsp3) is 0.850. The molecule has 0 aromatic heterocycles. The monoisotopic (exact) mass is 398 g/mol. The van der Waals surface area contributed by atoms with Crippen molar-refractivity contribution in [3.63, 3.8) is 0 Å². The number of esters is 1. The minimum Gasteiger partial charge on any atom is -0.464 e. The molecule has 2 fully saturated rings. The van der Waals surface area contributed by atoms with E-state index in [1.54, 1.807) is 41.5 Å². The molecule has 2 amide bonds. The van der Waals surface area contributed by atoms with Crippen molar-refractivity contribution in [2.75, 3.05) is 6.61 Å². The number of carbonyl (C=O) groups excluding carboxylic acids is 3. The van der Waals surface area contributed by atoms with Crippen LogP contribution in [0.3, 0.4) is 0 Å². The number of rotatable bonds is 6. The van der Waals surface area contributed by atoms with Gasteiger partial charge < -0.3 is 25.2 Å². The van der Waals surface area contributed by atoms with Crippen molar-refractivity contribution in [2.45, 2.75) is 78.2 Å². The third-order valence-electron chi connectivity index (χ3n) is 5.60. The van der Waals surface area contributed by atoms with Gasteiger partial charge in [-0.05, 0) is 45.4 Å². The first kappa shape index (κ1) is 22.5. The highest BCUT2D eigenvalue weighted by Gasteiger charge is 2.71. The van der Waals surface area contributed by atoms with Crippen LogP contribution in [-0.4, -0.2) is 53.0 Å². The third-order valence-corrected chi connectivity index (χ3v) is 5.60. The van der Waals surface area contributed by atoms with Crippen LogP contribution in [-0.2, 0) is 19.1 Å². The summed E-state index contributed by atoms with van der Waals surface area (Å²) in [6.45, 7) is 12.6. The Kier molecular flexibility index (Phi) is 6.33. The molecule has 0 bridgehead atoms. The molecule has 0 aromatic carbocycles. The van der Waals surface area contributed by atoms with E-state index in [1.807, 2.05) is 6.92 Å². The van der Waals surface area contributed by atoms with Crippen molar-refractivity contribution in [2.24, 2.45) is 23.7 Å². The summed E-state index contributed by atoms with van der Waals surface area (Å²) >= 11 is 0. The van der Waals surface area contributed by atoms with Crippen molar-refractivity contribution >= 4 is 18.0 Å². The second-order valence-corrected chi connectivity index (χ2v) is 9.28. The highest BCUT2D eigenvalue weighted by Crippen LogP contribution is 2.62. The van der Waals surface area contributed by atoms with Crippen LogP contribution in [0.5, 0.6) is 0 Å². The van der Waals surface area contributed by atoms with Crippen LogP contribution < -0.4 is 10.6 Å². The first-order valence-corrected chi connectivity index (χ1v) is 10.0. The molecule has 0 saturated heterocycles. The average molecular weight is 399 g/mol. The first-order valence-electron chi connectivity index (χ1n) is 10.0. The largest absolute Gasteiger partial charge is 0.464 e. The molecular weight excluding hydrogens is 364 g/mol. The summed E-state index contributed by atoms with van der Waals surface area (Å²) in [5.41, 5.74) is -1.96. The lowest BCUT2D eigenvalue weighted by molar-refractivity contribution is -0.155. The lowest BCUT2D eigenvalue weighted by atomic mass is 9.88. The molecule has 0 unspecified atom stereocenters. The standard InChI is InChI=1S/C20H34N2O6/c1-8-27-17(25)20(9-12(23)13-11(4)14(13)20)22-16(24)15(10(2)3)21-18(26)28-19(5,6)7/h10-15,23H,8-9H2,1-7H3,(H,21,26)(H,22,24)/t11-,12-,13+,14+,15-,20-/m0/s1. The van der Waals surface area contributed by atoms with Crippen LogP contribution in [0, 0.1) is 23.7 Å². The number of ether oxygens (including phenoxy) is 2. The Morgan fingerprint density at radius 2 is 1.86 bits per heavy atom. The van der Waals surface area contributed by atoms with Crippen molar-refractivity contribution in [3.8, 4) is 0 Å². The molecule has 3 N–H and O–H groups in total. The summed E-state index contributed by atoms with van der Waals surface area (Å²) in [6.07, 6.45) is -1.24. The molecule has 0 aliphatic heterocycles. The van der Waals surface area contributed by atoms with E-state index in [0.717, 1.165) is 0 Å². The van der Waals surface area contributed by atoms with Gasteiger partial charge in [-0.25, -0.2) is 9.59 Å². The number of carbonyl (C=O) groups is 3. The summed E-state index contributed by atoms with van der Waals surface area (Å²) < 4.78 is 10.5. The second kappa shape index (κ2) is 7.89. The van der Waals surface area contributed by atoms with Crippen LogP contribution >= 0.6 is 0 Å². The average Bonchev–Trinajstić information content (AvgIpc) is 3.11. The topological polar surface area (TPSA) is 114 Å². The van der Waals surface area contributed by atoms with Crippen LogP contribution in [0.2, 0.25) is 0 Å². The molecule has 2 aliphatic rings. The van der Waals surface area contributed by atoms with Gasteiger partial charge in [0.15, 0.2) is 0 Å². The molecule has 0 radical (unpaired) electrons. The lowest BCUT2D eigenvalue weighted by Crippen LogP contribution is -2.62. The predicted molar refractivity (Wildman–Crippen MR) is 102 cm³/mol. The molecule has 160 valence electrons. The van der Waals surface area contributed by atoms with Gasteiger partial charge in [0, 0.05) is 12.3 Å². The van der Waals surface area contributed by atoms with Crippen LogP contribution in [0.4, 0.5) is 4.79 Å². The zero-order valence-electron chi connectivity index (χ0n) is 17.9. The summed E-state index contributed by atoms with van der Waals surface area (Å²) in [6, 6.07) is -0.883. The molecule has 0 spiro atoms. The fourth-order valence-corrected chi connectivity index (χ4v) is 4.39. The van der Waals surface area contributed by atoms with E-state index >= 15 is 0 Å². The maximum Gasteiger partial charge on any atom is 0.408 e. The molecule has 0 aromatic rings. The molecule has 8 heteroatoms. The smallest absolute Gasteiger partial charge is 0.408 e. The number of hydrogen-bond donors (Lipinski definition) is 3. The van der Waals surface area contributed by atoms with E-state index < -0.39 is 41.3 Å². The van der Waals surface area contributed by atoms with Gasteiger partial charge in [0.25, 0.3) is 0 Å². The Morgan fingerprint density at radius 3 is 2.29 bits per heavy atom. The maximum absolute atomic E-state index is 13.1. The van der Waals surface area contributed by atoms with Gasteiger partial charge in [-0.3, -0.25) is 4.79 Å². The molecule has 2 aliphatic carbocycles. The molecule has 0 heterocycles. The molecule has 2 rings (SSSR count). The van der Waals surface area contributed by atoms with Crippen molar-refractivity contribution < 1.29 is 29.0 Å². The third kappa shape index (κ3) is 4.42. The summed E-state index contributed by atoms with van der Waals surface area (Å²) in [7, 11) is 0. The molecular formula is C20H34N2O6. The summed E-state index contributed by atoms with van der Waals surface area (Å²) in [4.78, 5) is 38.0. The summed E-state index contributed by atoms with van der Waals surface area (Å²) in [5.74, 6) is -1.32. The van der Waals surface area contributed by atoms with E-state index in [0.29, 0.717) is 0 Å². The Balaban J connectivity index is 2.19. The van der Waals surface area contributed by atoms with Gasteiger partial charge in [-0.2, -0.15) is 0 Å². The Hall–Kier alpha value is -1.83. The molecule has 28 heavy (non-hydrogen) atoms. The summed E-state index contributed by atoms with van der Waals surface area (Å²) in [5, 5.41) is 15.8. The molecule has 2 saturated carbocycles. The van der Waals surface area contributed by atoms with Crippen molar-refractivity contribution in [1.82, 2.24) is 10.6 Å². The number of hydrogen-bond acceptors (Lipinski definition) is 6. The number of nitrogens with one attached hydrogen (secondary N) is 2. The van der Waals surface area contributed by atoms with E-state index in [9.17, 15) is 19.5 Å². The highest BCUT2D eigenvalue weighted by atomic mass is 16.6. The zero-order chi connectivity index (χ0) is 21.4. The number of alkyl carbamates (subject to hydrolysis) is 1. The first-order chi connectivity index (χ1) is 12.8. The minimum absolute atomic E-state index is 0.0268. The van der Waals surface area contributed by atoms with Gasteiger partial charge in [-0.1, -0.05) is 20.8 Å². The van der Waals surface area contributed by atoms with Crippen LogP contribution in [0.25, 0.3) is 0 Å². The van der Waals surface area contributed by atoms with E-state index in [2.05, 4.69) is 10.6 Å². The minimum atomic E-state index is -1.26. The van der Waals surface area contributed by atoms with E-state index in [-0.39, 0.29) is 36.7 Å². The van der Waals surface area contributed by atoms with E-state index in [1.165, 1.54) is 0 Å². The number of fused-ring (bicyclic) bond motifs is 1. The SMILES string of the molecule is CCOC(=O)[C@]1(NC(=O)[C@@H](NC(=O)OC(C)(C)C)C(C)C)C[C@H](O)[C@H]2[C@H](C)[C@H]21. The Labute approximate surface area is 166 Å². The van der Waals surface area contributed by atoms with Gasteiger partial charge in [-0.15, -0.1) is 0 Å². The van der Waals surface area contributed by atoms with Crippen LogP contribution in [0.1, 0.15) is 54.9 Å². The maximum atomic E-state index is 13.1. The fourth-order valence-electron chi connectivity index (χ4n) is 4.39. The predicted octanol–water partition coefficient (Wildman–Crippen LogP) is 1.60. The Bertz CT molecular complexity index is 629. The van der Waals surface area contributed by atoms with Gasteiger partial charge >= 0.3 is 12.1 Å². The van der Waals surface area contributed by atoms with Gasteiger partial charge in [0.1, 0.15) is 17.2 Å². The van der Waals surface area contributed by atoms with Crippen molar-refractivity contribution in [3.05, 3.63) is 0 Å². The number of amides is 2. The Morgan fingerprint density at radius 1 is 1.25 bits per heavy atom. The van der Waals surface area contributed by atoms with Crippen LogP contribution in [0.15, 0.2) is 0 Å². The lowest BCUT2D eigenvalue weighted by Gasteiger charge is -2.34. The quantitative estimate of drug-likeness (QED) is 0.586. The molecule has 6 atom stereocenters. The molecule has 8 nitrogen and oxygen atoms in total. The zero-order valence-corrected chi connectivity index (χ0v) is 17.9. The van der Waals surface area contributed by atoms with Gasteiger partial charge in [0.2, 0.25) is 5.91 Å². The number of aliphatic hydroxyl groups is 1.